The Kier molecular flexibility index (Phi) is 5.38. The molecule has 1 fully saturated rings. The first kappa shape index (κ1) is 18.0. The highest BCUT2D eigenvalue weighted by atomic mass is 35.5. The molecule has 1 aliphatic heterocycles. The minimum absolute atomic E-state index is 0.180. The van der Waals surface area contributed by atoms with Crippen LogP contribution in [0.3, 0.4) is 0 Å². The van der Waals surface area contributed by atoms with Crippen LogP contribution in [0.5, 0.6) is 5.75 Å². The fourth-order valence-corrected chi connectivity index (χ4v) is 3.44. The lowest BCUT2D eigenvalue weighted by Gasteiger charge is -2.21. The molecule has 0 bridgehead atoms. The molecule has 0 aliphatic carbocycles. The molecular formula is C20H21ClN4O2. The van der Waals surface area contributed by atoms with Gasteiger partial charge in [-0.3, -0.25) is 4.90 Å². The topological polar surface area (TPSA) is 52.4 Å². The van der Waals surface area contributed by atoms with Crippen LogP contribution in [0, 0.1) is 0 Å². The van der Waals surface area contributed by atoms with Gasteiger partial charge in [0.15, 0.2) is 6.23 Å². The summed E-state index contributed by atoms with van der Waals surface area (Å²) in [5.74, 6) is 0.858. The number of aromatic nitrogens is 3. The Balaban J connectivity index is 1.44. The second-order valence-electron chi connectivity index (χ2n) is 6.51. The maximum atomic E-state index is 6.06. The molecule has 2 heterocycles. The van der Waals surface area contributed by atoms with Crippen molar-refractivity contribution < 1.29 is 9.47 Å². The molecule has 27 heavy (non-hydrogen) atoms. The quantitative estimate of drug-likeness (QED) is 0.650. The van der Waals surface area contributed by atoms with E-state index in [0.717, 1.165) is 35.1 Å². The standard InChI is InChI=1S/C20H21ClN4O2/c1-26-18-7-5-15(6-8-18)12-24-9-10-27-20(24)19-14-25(23-22-19)13-16-3-2-4-17(21)11-16/h2-8,11,14,20H,9-10,12-13H2,1H3/t20-/m1/s1. The first-order valence-corrected chi connectivity index (χ1v) is 9.22. The summed E-state index contributed by atoms with van der Waals surface area (Å²) in [5, 5.41) is 9.30. The lowest BCUT2D eigenvalue weighted by atomic mass is 10.2. The fraction of sp³-hybridized carbons (Fsp3) is 0.300. The van der Waals surface area contributed by atoms with Gasteiger partial charge in [-0.25, -0.2) is 4.68 Å². The molecule has 0 spiro atoms. The summed E-state index contributed by atoms with van der Waals surface area (Å²) >= 11 is 6.06. The van der Waals surface area contributed by atoms with Crippen molar-refractivity contribution in [3.05, 3.63) is 76.6 Å². The Morgan fingerprint density at radius 2 is 2.00 bits per heavy atom. The Morgan fingerprint density at radius 1 is 1.15 bits per heavy atom. The van der Waals surface area contributed by atoms with Crippen molar-refractivity contribution in [2.24, 2.45) is 0 Å². The lowest BCUT2D eigenvalue weighted by Crippen LogP contribution is -2.23. The van der Waals surface area contributed by atoms with Crippen LogP contribution >= 0.6 is 11.6 Å². The van der Waals surface area contributed by atoms with E-state index in [1.54, 1.807) is 7.11 Å². The van der Waals surface area contributed by atoms with Gasteiger partial charge in [-0.05, 0) is 35.4 Å². The summed E-state index contributed by atoms with van der Waals surface area (Å²) in [5.41, 5.74) is 3.11. The van der Waals surface area contributed by atoms with Gasteiger partial charge in [-0.1, -0.05) is 41.1 Å². The number of halogens is 1. The summed E-state index contributed by atoms with van der Waals surface area (Å²) in [7, 11) is 1.67. The van der Waals surface area contributed by atoms with Crippen LogP contribution in [0.1, 0.15) is 23.0 Å². The number of benzene rings is 2. The van der Waals surface area contributed by atoms with Gasteiger partial charge < -0.3 is 9.47 Å². The van der Waals surface area contributed by atoms with Crippen molar-refractivity contribution in [3.63, 3.8) is 0 Å². The molecule has 1 saturated heterocycles. The van der Waals surface area contributed by atoms with E-state index in [0.29, 0.717) is 13.2 Å². The number of hydrogen-bond donors (Lipinski definition) is 0. The van der Waals surface area contributed by atoms with E-state index in [-0.39, 0.29) is 6.23 Å². The number of methoxy groups -OCH3 is 1. The monoisotopic (exact) mass is 384 g/mol. The first-order valence-electron chi connectivity index (χ1n) is 8.84. The SMILES string of the molecule is COc1ccc(CN2CCO[C@@H]2c2cn(Cc3cccc(Cl)c3)nn2)cc1. The summed E-state index contributed by atoms with van der Waals surface area (Å²) < 4.78 is 13.0. The van der Waals surface area contributed by atoms with Crippen LogP contribution in [-0.4, -0.2) is 40.2 Å². The highest BCUT2D eigenvalue weighted by Crippen LogP contribution is 2.27. The molecule has 0 radical (unpaired) electrons. The zero-order valence-corrected chi connectivity index (χ0v) is 15.8. The van der Waals surface area contributed by atoms with Gasteiger partial charge >= 0.3 is 0 Å². The van der Waals surface area contributed by atoms with Crippen molar-refractivity contribution in [1.29, 1.82) is 0 Å². The molecule has 0 amide bonds. The summed E-state index contributed by atoms with van der Waals surface area (Å²) in [6.45, 7) is 2.95. The molecule has 4 rings (SSSR count). The minimum atomic E-state index is -0.180. The number of hydrogen-bond acceptors (Lipinski definition) is 5. The van der Waals surface area contributed by atoms with Crippen LogP contribution in [0.4, 0.5) is 0 Å². The third-order valence-corrected chi connectivity index (χ3v) is 4.81. The molecule has 1 aliphatic rings. The maximum absolute atomic E-state index is 6.06. The highest BCUT2D eigenvalue weighted by molar-refractivity contribution is 6.30. The van der Waals surface area contributed by atoms with Crippen LogP contribution in [0.15, 0.2) is 54.7 Å². The maximum Gasteiger partial charge on any atom is 0.157 e. The fourth-order valence-electron chi connectivity index (χ4n) is 3.23. The van der Waals surface area contributed by atoms with E-state index >= 15 is 0 Å². The smallest absolute Gasteiger partial charge is 0.157 e. The Labute approximate surface area is 163 Å². The Hall–Kier alpha value is -2.41. The van der Waals surface area contributed by atoms with E-state index in [9.17, 15) is 0 Å². The number of nitrogens with zero attached hydrogens (tertiary/aromatic N) is 4. The molecule has 0 N–H and O–H groups in total. The van der Waals surface area contributed by atoms with Crippen LogP contribution in [0.25, 0.3) is 0 Å². The first-order chi connectivity index (χ1) is 13.2. The van der Waals surface area contributed by atoms with Gasteiger partial charge in [0.1, 0.15) is 11.4 Å². The largest absolute Gasteiger partial charge is 0.497 e. The van der Waals surface area contributed by atoms with E-state index in [1.165, 1.54) is 5.56 Å². The van der Waals surface area contributed by atoms with Crippen LogP contribution < -0.4 is 4.74 Å². The molecule has 0 unspecified atom stereocenters. The predicted octanol–water partition coefficient (Wildman–Crippen LogP) is 3.52. The highest BCUT2D eigenvalue weighted by Gasteiger charge is 2.29. The minimum Gasteiger partial charge on any atom is -0.497 e. The average Bonchev–Trinajstić information content (AvgIpc) is 3.31. The van der Waals surface area contributed by atoms with Gasteiger partial charge in [0.05, 0.1) is 26.5 Å². The molecule has 2 aromatic carbocycles. The van der Waals surface area contributed by atoms with Gasteiger partial charge in [0.2, 0.25) is 0 Å². The number of ether oxygens (including phenoxy) is 2. The summed E-state index contributed by atoms with van der Waals surface area (Å²) in [6, 6.07) is 15.9. The van der Waals surface area contributed by atoms with E-state index in [2.05, 4.69) is 27.3 Å². The molecule has 1 atom stereocenters. The molecule has 140 valence electrons. The van der Waals surface area contributed by atoms with Crippen molar-refractivity contribution in [3.8, 4) is 5.75 Å². The van der Waals surface area contributed by atoms with E-state index < -0.39 is 0 Å². The molecule has 0 saturated carbocycles. The molecule has 7 heteroatoms. The average molecular weight is 385 g/mol. The molecular weight excluding hydrogens is 364 g/mol. The van der Waals surface area contributed by atoms with Crippen molar-refractivity contribution in [2.45, 2.75) is 19.3 Å². The predicted molar refractivity (Wildman–Crippen MR) is 103 cm³/mol. The van der Waals surface area contributed by atoms with E-state index in [1.807, 2.05) is 47.3 Å². The van der Waals surface area contributed by atoms with Gasteiger partial charge in [-0.2, -0.15) is 0 Å². The summed E-state index contributed by atoms with van der Waals surface area (Å²) in [4.78, 5) is 2.26. The van der Waals surface area contributed by atoms with E-state index in [4.69, 9.17) is 21.1 Å². The Bertz CT molecular complexity index is 897. The molecule has 3 aromatic rings. The normalized spacial score (nSPS) is 17.3. The van der Waals surface area contributed by atoms with Crippen LogP contribution in [0.2, 0.25) is 5.02 Å². The third-order valence-electron chi connectivity index (χ3n) is 4.57. The lowest BCUT2D eigenvalue weighted by molar-refractivity contribution is 0.0252. The van der Waals surface area contributed by atoms with Crippen molar-refractivity contribution >= 4 is 11.6 Å². The Morgan fingerprint density at radius 3 is 2.78 bits per heavy atom. The molecule has 1 aromatic heterocycles. The zero-order chi connectivity index (χ0) is 18.6. The molecule has 6 nitrogen and oxygen atoms in total. The van der Waals surface area contributed by atoms with Gasteiger partial charge in [0, 0.05) is 18.1 Å². The van der Waals surface area contributed by atoms with Gasteiger partial charge in [0.25, 0.3) is 0 Å². The number of rotatable bonds is 6. The van der Waals surface area contributed by atoms with Crippen molar-refractivity contribution in [2.75, 3.05) is 20.3 Å². The second kappa shape index (κ2) is 8.08. The summed E-state index contributed by atoms with van der Waals surface area (Å²) in [6.07, 6.45) is 1.76. The van der Waals surface area contributed by atoms with Crippen molar-refractivity contribution in [1.82, 2.24) is 19.9 Å². The second-order valence-corrected chi connectivity index (χ2v) is 6.95. The van der Waals surface area contributed by atoms with Crippen LogP contribution in [-0.2, 0) is 17.8 Å². The third kappa shape index (κ3) is 4.30. The van der Waals surface area contributed by atoms with Gasteiger partial charge in [-0.15, -0.1) is 5.10 Å². The zero-order valence-electron chi connectivity index (χ0n) is 15.1.